The predicted octanol–water partition coefficient (Wildman–Crippen LogP) is 4.46. The Balaban J connectivity index is 1.66. The SMILES string of the molecule is CCc1ccc(OCC(=O)N(Cc2ccc(OC)cc2)Cc2ccco2)cc1. The van der Waals surface area contributed by atoms with E-state index in [4.69, 9.17) is 13.9 Å². The van der Waals surface area contributed by atoms with Crippen LogP contribution in [0.4, 0.5) is 0 Å². The molecule has 146 valence electrons. The lowest BCUT2D eigenvalue weighted by Gasteiger charge is -2.22. The van der Waals surface area contributed by atoms with Gasteiger partial charge in [0.15, 0.2) is 6.61 Å². The van der Waals surface area contributed by atoms with E-state index in [1.54, 1.807) is 18.3 Å². The van der Waals surface area contributed by atoms with Crippen LogP contribution < -0.4 is 9.47 Å². The van der Waals surface area contributed by atoms with Crippen LogP contribution in [-0.4, -0.2) is 24.5 Å². The van der Waals surface area contributed by atoms with Gasteiger partial charge in [-0.3, -0.25) is 4.79 Å². The highest BCUT2D eigenvalue weighted by molar-refractivity contribution is 5.77. The molecule has 5 heteroatoms. The highest BCUT2D eigenvalue weighted by Gasteiger charge is 2.17. The van der Waals surface area contributed by atoms with E-state index in [2.05, 4.69) is 6.92 Å². The van der Waals surface area contributed by atoms with Crippen LogP contribution in [0.1, 0.15) is 23.8 Å². The topological polar surface area (TPSA) is 51.9 Å². The van der Waals surface area contributed by atoms with E-state index in [0.717, 1.165) is 23.5 Å². The number of carbonyl (C=O) groups excluding carboxylic acids is 1. The van der Waals surface area contributed by atoms with Crippen LogP contribution in [0, 0.1) is 0 Å². The molecule has 1 heterocycles. The maximum Gasteiger partial charge on any atom is 0.261 e. The number of hydrogen-bond donors (Lipinski definition) is 0. The summed E-state index contributed by atoms with van der Waals surface area (Å²) in [5.41, 5.74) is 2.24. The number of amides is 1. The Morgan fingerprint density at radius 3 is 2.21 bits per heavy atom. The molecule has 0 bridgehead atoms. The van der Waals surface area contributed by atoms with E-state index in [0.29, 0.717) is 18.8 Å². The maximum atomic E-state index is 12.8. The molecule has 0 saturated carbocycles. The van der Waals surface area contributed by atoms with Gasteiger partial charge in [0, 0.05) is 6.54 Å². The third-order valence-corrected chi connectivity index (χ3v) is 4.51. The summed E-state index contributed by atoms with van der Waals surface area (Å²) in [5.74, 6) is 2.10. The first kappa shape index (κ1) is 19.5. The van der Waals surface area contributed by atoms with Crippen molar-refractivity contribution in [1.82, 2.24) is 4.90 Å². The number of furan rings is 1. The quantitative estimate of drug-likeness (QED) is 0.551. The van der Waals surface area contributed by atoms with Crippen LogP contribution in [0.3, 0.4) is 0 Å². The summed E-state index contributed by atoms with van der Waals surface area (Å²) in [5, 5.41) is 0. The van der Waals surface area contributed by atoms with Gasteiger partial charge in [0.05, 0.1) is 19.9 Å². The number of rotatable bonds is 9. The lowest BCUT2D eigenvalue weighted by Crippen LogP contribution is -2.34. The van der Waals surface area contributed by atoms with Crippen molar-refractivity contribution < 1.29 is 18.7 Å². The normalized spacial score (nSPS) is 10.5. The summed E-state index contributed by atoms with van der Waals surface area (Å²) >= 11 is 0. The molecule has 1 amide bonds. The van der Waals surface area contributed by atoms with Crippen LogP contribution in [0.2, 0.25) is 0 Å². The summed E-state index contributed by atoms with van der Waals surface area (Å²) in [4.78, 5) is 14.6. The van der Waals surface area contributed by atoms with Crippen molar-refractivity contribution in [2.45, 2.75) is 26.4 Å². The van der Waals surface area contributed by atoms with Gasteiger partial charge in [0.1, 0.15) is 17.3 Å². The highest BCUT2D eigenvalue weighted by atomic mass is 16.5. The van der Waals surface area contributed by atoms with E-state index in [1.807, 2.05) is 60.7 Å². The lowest BCUT2D eigenvalue weighted by molar-refractivity contribution is -0.134. The monoisotopic (exact) mass is 379 g/mol. The number of ether oxygens (including phenoxy) is 2. The van der Waals surface area contributed by atoms with Crippen molar-refractivity contribution >= 4 is 5.91 Å². The Morgan fingerprint density at radius 1 is 0.929 bits per heavy atom. The van der Waals surface area contributed by atoms with Gasteiger partial charge in [-0.2, -0.15) is 0 Å². The Bertz CT molecular complexity index is 855. The van der Waals surface area contributed by atoms with Gasteiger partial charge >= 0.3 is 0 Å². The molecule has 2 aromatic carbocycles. The van der Waals surface area contributed by atoms with Crippen LogP contribution in [0.5, 0.6) is 11.5 Å². The molecule has 0 aliphatic carbocycles. The van der Waals surface area contributed by atoms with Crippen LogP contribution >= 0.6 is 0 Å². The molecule has 3 rings (SSSR count). The summed E-state index contributed by atoms with van der Waals surface area (Å²) < 4.78 is 16.3. The van der Waals surface area contributed by atoms with E-state index in [9.17, 15) is 4.79 Å². The first-order chi connectivity index (χ1) is 13.7. The van der Waals surface area contributed by atoms with E-state index < -0.39 is 0 Å². The third-order valence-electron chi connectivity index (χ3n) is 4.51. The number of aryl methyl sites for hydroxylation is 1. The molecule has 0 spiro atoms. The maximum absolute atomic E-state index is 12.8. The summed E-state index contributed by atoms with van der Waals surface area (Å²) in [6.45, 7) is 2.92. The first-order valence-corrected chi connectivity index (χ1v) is 9.32. The largest absolute Gasteiger partial charge is 0.497 e. The second-order valence-corrected chi connectivity index (χ2v) is 6.46. The smallest absolute Gasteiger partial charge is 0.261 e. The molecule has 5 nitrogen and oxygen atoms in total. The number of hydrogen-bond acceptors (Lipinski definition) is 4. The van der Waals surface area contributed by atoms with Gasteiger partial charge in [-0.1, -0.05) is 31.2 Å². The zero-order valence-corrected chi connectivity index (χ0v) is 16.3. The average Bonchev–Trinajstić information content (AvgIpc) is 3.25. The van der Waals surface area contributed by atoms with Crippen LogP contribution in [0.25, 0.3) is 0 Å². The van der Waals surface area contributed by atoms with Crippen molar-refractivity contribution in [3.8, 4) is 11.5 Å². The fourth-order valence-electron chi connectivity index (χ4n) is 2.83. The third kappa shape index (κ3) is 5.39. The fourth-order valence-corrected chi connectivity index (χ4v) is 2.83. The molecule has 28 heavy (non-hydrogen) atoms. The standard InChI is InChI=1S/C23H25NO4/c1-3-18-6-12-21(13-7-18)28-17-23(25)24(16-22-5-4-14-27-22)15-19-8-10-20(26-2)11-9-19/h4-14H,3,15-17H2,1-2H3. The summed E-state index contributed by atoms with van der Waals surface area (Å²) in [6.07, 6.45) is 2.58. The molecule has 0 saturated heterocycles. The Labute approximate surface area is 165 Å². The minimum Gasteiger partial charge on any atom is -0.497 e. The Hall–Kier alpha value is -3.21. The van der Waals surface area contributed by atoms with Crippen molar-refractivity contribution in [2.75, 3.05) is 13.7 Å². The van der Waals surface area contributed by atoms with Gasteiger partial charge in [-0.05, 0) is 53.9 Å². The van der Waals surface area contributed by atoms with Crippen LogP contribution in [-0.2, 0) is 24.3 Å². The van der Waals surface area contributed by atoms with Gasteiger partial charge in [-0.15, -0.1) is 0 Å². The van der Waals surface area contributed by atoms with E-state index in [1.165, 1.54) is 5.56 Å². The Kier molecular flexibility index (Phi) is 6.73. The van der Waals surface area contributed by atoms with Crippen molar-refractivity contribution in [1.29, 1.82) is 0 Å². The highest BCUT2D eigenvalue weighted by Crippen LogP contribution is 2.16. The van der Waals surface area contributed by atoms with Gasteiger partial charge in [0.2, 0.25) is 0 Å². The van der Waals surface area contributed by atoms with Gasteiger partial charge < -0.3 is 18.8 Å². The number of benzene rings is 2. The van der Waals surface area contributed by atoms with E-state index >= 15 is 0 Å². The van der Waals surface area contributed by atoms with Gasteiger partial charge in [-0.25, -0.2) is 0 Å². The Morgan fingerprint density at radius 2 is 1.61 bits per heavy atom. The molecule has 0 radical (unpaired) electrons. The fraction of sp³-hybridized carbons (Fsp3) is 0.261. The molecule has 0 fully saturated rings. The number of methoxy groups -OCH3 is 1. The zero-order valence-electron chi connectivity index (χ0n) is 16.3. The molecule has 0 atom stereocenters. The van der Waals surface area contributed by atoms with Gasteiger partial charge in [0.25, 0.3) is 5.91 Å². The molecule has 0 N–H and O–H groups in total. The minimum atomic E-state index is -0.105. The number of carbonyl (C=O) groups is 1. The van der Waals surface area contributed by atoms with Crippen molar-refractivity contribution in [2.24, 2.45) is 0 Å². The molecule has 1 aromatic heterocycles. The molecule has 0 aliphatic rings. The summed E-state index contributed by atoms with van der Waals surface area (Å²) in [6, 6.07) is 19.2. The molecule has 3 aromatic rings. The minimum absolute atomic E-state index is 0.0255. The second kappa shape index (κ2) is 9.65. The van der Waals surface area contributed by atoms with Crippen molar-refractivity contribution in [3.05, 3.63) is 83.8 Å². The molecular formula is C23H25NO4. The summed E-state index contributed by atoms with van der Waals surface area (Å²) in [7, 11) is 1.63. The molecule has 0 aliphatic heterocycles. The first-order valence-electron chi connectivity index (χ1n) is 9.32. The lowest BCUT2D eigenvalue weighted by atomic mass is 10.2. The van der Waals surface area contributed by atoms with Crippen LogP contribution in [0.15, 0.2) is 71.3 Å². The molecular weight excluding hydrogens is 354 g/mol. The van der Waals surface area contributed by atoms with Crippen molar-refractivity contribution in [3.63, 3.8) is 0 Å². The second-order valence-electron chi connectivity index (χ2n) is 6.46. The predicted molar refractivity (Wildman–Crippen MR) is 107 cm³/mol. The molecule has 0 unspecified atom stereocenters. The van der Waals surface area contributed by atoms with E-state index in [-0.39, 0.29) is 12.5 Å². The number of nitrogens with zero attached hydrogens (tertiary/aromatic N) is 1. The average molecular weight is 379 g/mol. The zero-order chi connectivity index (χ0) is 19.8.